The van der Waals surface area contributed by atoms with Crippen molar-refractivity contribution in [1.29, 1.82) is 0 Å². The molecule has 0 aliphatic rings. The first-order valence-electron chi connectivity index (χ1n) is 5.69. The van der Waals surface area contributed by atoms with Crippen molar-refractivity contribution in [2.75, 3.05) is 12.1 Å². The second kappa shape index (κ2) is 5.31. The molecule has 0 atom stereocenters. The summed E-state index contributed by atoms with van der Waals surface area (Å²) in [7, 11) is 1.76. The largest absolute Gasteiger partial charge is 0.271 e. The lowest BCUT2D eigenvalue weighted by molar-refractivity contribution is 0.0951. The van der Waals surface area contributed by atoms with E-state index in [0.717, 1.165) is 5.56 Å². The fourth-order valence-electron chi connectivity index (χ4n) is 1.53. The van der Waals surface area contributed by atoms with Crippen LogP contribution in [0.3, 0.4) is 0 Å². The number of hydrazine groups is 1. The number of hydrogen-bond acceptors (Lipinski definition) is 3. The maximum Gasteiger partial charge on any atom is 0.269 e. The summed E-state index contributed by atoms with van der Waals surface area (Å²) in [5.74, 6) is 0.543. The van der Waals surface area contributed by atoms with Crippen LogP contribution in [-0.4, -0.2) is 17.9 Å². The quantitative estimate of drug-likeness (QED) is 0.838. The summed E-state index contributed by atoms with van der Waals surface area (Å²) in [6.07, 6.45) is 1.68. The molecule has 0 radical (unpaired) electrons. The number of aromatic nitrogens is 1. The molecular formula is C14H15N3O. The molecule has 0 aliphatic carbocycles. The highest BCUT2D eigenvalue weighted by atomic mass is 16.2. The standard InChI is InChI=1S/C14H15N3O/c1-11-6-8-12(9-7-11)14(18)16-17(2)13-5-3-4-10-15-13/h3-10H,1-2H3,(H,16,18). The molecule has 18 heavy (non-hydrogen) atoms. The van der Waals surface area contributed by atoms with Crippen LogP contribution in [0.1, 0.15) is 15.9 Å². The highest BCUT2D eigenvalue weighted by Gasteiger charge is 2.08. The van der Waals surface area contributed by atoms with Crippen molar-refractivity contribution in [1.82, 2.24) is 10.4 Å². The number of carbonyl (C=O) groups is 1. The molecular weight excluding hydrogens is 226 g/mol. The Morgan fingerprint density at radius 3 is 2.50 bits per heavy atom. The second-order valence-corrected chi connectivity index (χ2v) is 4.05. The number of nitrogens with one attached hydrogen (secondary N) is 1. The van der Waals surface area contributed by atoms with Gasteiger partial charge in [0, 0.05) is 18.8 Å². The predicted molar refractivity (Wildman–Crippen MR) is 71.3 cm³/mol. The molecule has 92 valence electrons. The number of hydrogen-bond donors (Lipinski definition) is 1. The number of carbonyl (C=O) groups excluding carboxylic acids is 1. The van der Waals surface area contributed by atoms with E-state index in [1.54, 1.807) is 30.4 Å². The van der Waals surface area contributed by atoms with Crippen LogP contribution in [0.2, 0.25) is 0 Å². The Balaban J connectivity index is 2.06. The van der Waals surface area contributed by atoms with Gasteiger partial charge < -0.3 is 0 Å². The smallest absolute Gasteiger partial charge is 0.269 e. The Bertz CT molecular complexity index is 522. The average Bonchev–Trinajstić information content (AvgIpc) is 2.40. The van der Waals surface area contributed by atoms with Crippen LogP contribution in [0.5, 0.6) is 0 Å². The van der Waals surface area contributed by atoms with E-state index in [0.29, 0.717) is 11.4 Å². The fraction of sp³-hybridized carbons (Fsp3) is 0.143. The molecule has 0 spiro atoms. The van der Waals surface area contributed by atoms with Crippen LogP contribution < -0.4 is 10.4 Å². The third-order valence-corrected chi connectivity index (χ3v) is 2.58. The van der Waals surface area contributed by atoms with Crippen molar-refractivity contribution in [3.63, 3.8) is 0 Å². The van der Waals surface area contributed by atoms with Crippen molar-refractivity contribution in [2.24, 2.45) is 0 Å². The maximum atomic E-state index is 12.0. The molecule has 0 bridgehead atoms. The van der Waals surface area contributed by atoms with Crippen molar-refractivity contribution in [3.8, 4) is 0 Å². The lowest BCUT2D eigenvalue weighted by atomic mass is 10.1. The van der Waals surface area contributed by atoms with Gasteiger partial charge in [-0.2, -0.15) is 0 Å². The van der Waals surface area contributed by atoms with E-state index >= 15 is 0 Å². The first-order chi connectivity index (χ1) is 8.66. The van der Waals surface area contributed by atoms with Crippen LogP contribution in [0.4, 0.5) is 5.82 Å². The molecule has 2 aromatic rings. The Morgan fingerprint density at radius 1 is 1.17 bits per heavy atom. The van der Waals surface area contributed by atoms with Crippen molar-refractivity contribution >= 4 is 11.7 Å². The van der Waals surface area contributed by atoms with E-state index in [9.17, 15) is 4.79 Å². The lowest BCUT2D eigenvalue weighted by Crippen LogP contribution is -2.39. The van der Waals surface area contributed by atoms with Gasteiger partial charge in [-0.05, 0) is 31.2 Å². The first kappa shape index (κ1) is 12.1. The molecule has 2 rings (SSSR count). The Morgan fingerprint density at radius 2 is 1.89 bits per heavy atom. The van der Waals surface area contributed by atoms with Crippen molar-refractivity contribution in [2.45, 2.75) is 6.92 Å². The molecule has 0 saturated heterocycles. The van der Waals surface area contributed by atoms with Crippen molar-refractivity contribution in [3.05, 3.63) is 59.8 Å². The molecule has 1 aromatic carbocycles. The molecule has 0 aliphatic heterocycles. The summed E-state index contributed by atoms with van der Waals surface area (Å²) in [4.78, 5) is 16.1. The zero-order valence-electron chi connectivity index (χ0n) is 10.4. The summed E-state index contributed by atoms with van der Waals surface area (Å²) in [6, 6.07) is 13.0. The number of aryl methyl sites for hydroxylation is 1. The number of benzene rings is 1. The number of pyridine rings is 1. The van der Waals surface area contributed by atoms with E-state index < -0.39 is 0 Å². The van der Waals surface area contributed by atoms with E-state index in [1.165, 1.54) is 0 Å². The van der Waals surface area contributed by atoms with Crippen LogP contribution >= 0.6 is 0 Å². The first-order valence-corrected chi connectivity index (χ1v) is 5.69. The highest BCUT2D eigenvalue weighted by molar-refractivity contribution is 5.94. The number of rotatable bonds is 3. The van der Waals surface area contributed by atoms with Gasteiger partial charge in [-0.3, -0.25) is 15.2 Å². The minimum atomic E-state index is -0.150. The summed E-state index contributed by atoms with van der Waals surface area (Å²) < 4.78 is 0. The van der Waals surface area contributed by atoms with Crippen LogP contribution in [0.15, 0.2) is 48.7 Å². The molecule has 4 nitrogen and oxygen atoms in total. The fourth-order valence-corrected chi connectivity index (χ4v) is 1.53. The SMILES string of the molecule is Cc1ccc(C(=O)NN(C)c2ccccn2)cc1. The third kappa shape index (κ3) is 2.85. The van der Waals surface area contributed by atoms with Crippen LogP contribution in [0, 0.1) is 6.92 Å². The second-order valence-electron chi connectivity index (χ2n) is 4.05. The van der Waals surface area contributed by atoms with Gasteiger partial charge in [0.2, 0.25) is 0 Å². The van der Waals surface area contributed by atoms with Gasteiger partial charge in [-0.25, -0.2) is 4.98 Å². The molecule has 0 unspecified atom stereocenters. The van der Waals surface area contributed by atoms with Gasteiger partial charge in [0.15, 0.2) is 0 Å². The zero-order valence-corrected chi connectivity index (χ0v) is 10.4. The molecule has 4 heteroatoms. The molecule has 1 amide bonds. The monoisotopic (exact) mass is 241 g/mol. The molecule has 1 heterocycles. The zero-order chi connectivity index (χ0) is 13.0. The summed E-state index contributed by atoms with van der Waals surface area (Å²) in [6.45, 7) is 1.99. The van der Waals surface area contributed by atoms with Crippen LogP contribution in [-0.2, 0) is 0 Å². The van der Waals surface area contributed by atoms with Gasteiger partial charge >= 0.3 is 0 Å². The number of anilines is 1. The van der Waals surface area contributed by atoms with E-state index in [1.807, 2.05) is 37.3 Å². The summed E-state index contributed by atoms with van der Waals surface area (Å²) in [5, 5.41) is 1.60. The van der Waals surface area contributed by atoms with Gasteiger partial charge in [0.1, 0.15) is 5.82 Å². The van der Waals surface area contributed by atoms with Crippen LogP contribution in [0.25, 0.3) is 0 Å². The number of amides is 1. The third-order valence-electron chi connectivity index (χ3n) is 2.58. The Labute approximate surface area is 106 Å². The molecule has 1 N–H and O–H groups in total. The molecule has 0 fully saturated rings. The van der Waals surface area contributed by atoms with Crippen molar-refractivity contribution < 1.29 is 4.79 Å². The number of nitrogens with zero attached hydrogens (tertiary/aromatic N) is 2. The predicted octanol–water partition coefficient (Wildman–Crippen LogP) is 2.17. The minimum absolute atomic E-state index is 0.150. The normalized spacial score (nSPS) is 9.89. The summed E-state index contributed by atoms with van der Waals surface area (Å²) in [5.41, 5.74) is 4.52. The maximum absolute atomic E-state index is 12.0. The van der Waals surface area contributed by atoms with E-state index in [-0.39, 0.29) is 5.91 Å². The van der Waals surface area contributed by atoms with Gasteiger partial charge in [0.05, 0.1) is 0 Å². The van der Waals surface area contributed by atoms with Gasteiger partial charge in [-0.15, -0.1) is 0 Å². The Hall–Kier alpha value is -2.36. The van der Waals surface area contributed by atoms with Gasteiger partial charge in [0.25, 0.3) is 5.91 Å². The van der Waals surface area contributed by atoms with E-state index in [2.05, 4.69) is 10.4 Å². The Kier molecular flexibility index (Phi) is 3.57. The lowest BCUT2D eigenvalue weighted by Gasteiger charge is -2.18. The molecule has 0 saturated carbocycles. The van der Waals surface area contributed by atoms with Gasteiger partial charge in [-0.1, -0.05) is 23.8 Å². The minimum Gasteiger partial charge on any atom is -0.271 e. The highest BCUT2D eigenvalue weighted by Crippen LogP contribution is 2.06. The molecule has 1 aromatic heterocycles. The average molecular weight is 241 g/mol. The summed E-state index contributed by atoms with van der Waals surface area (Å²) >= 11 is 0. The van der Waals surface area contributed by atoms with E-state index in [4.69, 9.17) is 0 Å². The topological polar surface area (TPSA) is 45.2 Å².